The van der Waals surface area contributed by atoms with Crippen LogP contribution in [0, 0.1) is 5.82 Å². The maximum absolute atomic E-state index is 12.6. The average molecular weight is 179 g/mol. The van der Waals surface area contributed by atoms with Crippen LogP contribution in [0.2, 0.25) is 0 Å². The molecule has 70 valence electrons. The van der Waals surface area contributed by atoms with Crippen LogP contribution in [0.1, 0.15) is 24.3 Å². The second-order valence-electron chi connectivity index (χ2n) is 3.71. The molecule has 1 aliphatic rings. The molecule has 1 aliphatic carbocycles. The first-order chi connectivity index (χ1) is 6.29. The number of nitrogens with one attached hydrogen (secondary N) is 1. The molecule has 0 saturated heterocycles. The van der Waals surface area contributed by atoms with Crippen molar-refractivity contribution in [2.75, 3.05) is 7.05 Å². The molecule has 0 amide bonds. The van der Waals surface area contributed by atoms with Gasteiger partial charge in [-0.1, -0.05) is 12.1 Å². The maximum atomic E-state index is 12.6. The van der Waals surface area contributed by atoms with Crippen molar-refractivity contribution in [2.24, 2.45) is 0 Å². The Labute approximate surface area is 78.0 Å². The van der Waals surface area contributed by atoms with Crippen molar-refractivity contribution in [1.29, 1.82) is 0 Å². The van der Waals surface area contributed by atoms with Gasteiger partial charge in [0.25, 0.3) is 0 Å². The van der Waals surface area contributed by atoms with Gasteiger partial charge in [-0.05, 0) is 43.5 Å². The zero-order valence-corrected chi connectivity index (χ0v) is 7.76. The van der Waals surface area contributed by atoms with E-state index in [9.17, 15) is 4.39 Å². The van der Waals surface area contributed by atoms with Crippen LogP contribution >= 0.6 is 0 Å². The van der Waals surface area contributed by atoms with Crippen molar-refractivity contribution in [3.63, 3.8) is 0 Å². The molecule has 0 heterocycles. The molecule has 1 aromatic carbocycles. The second-order valence-corrected chi connectivity index (χ2v) is 3.71. The predicted molar refractivity (Wildman–Crippen MR) is 51.2 cm³/mol. The van der Waals surface area contributed by atoms with Crippen LogP contribution in [0.25, 0.3) is 0 Å². The first-order valence-corrected chi connectivity index (χ1v) is 4.72. The highest BCUT2D eigenvalue weighted by Gasteiger charge is 2.28. The summed E-state index contributed by atoms with van der Waals surface area (Å²) in [5, 5.41) is 3.24. The molecule has 0 aliphatic heterocycles. The van der Waals surface area contributed by atoms with Gasteiger partial charge in [0.2, 0.25) is 0 Å². The maximum Gasteiger partial charge on any atom is 0.123 e. The smallest absolute Gasteiger partial charge is 0.123 e. The van der Waals surface area contributed by atoms with E-state index in [1.807, 2.05) is 19.2 Å². The van der Waals surface area contributed by atoms with Crippen LogP contribution in [0.5, 0.6) is 0 Å². The Kier molecular flexibility index (Phi) is 2.32. The number of benzene rings is 1. The van der Waals surface area contributed by atoms with Crippen LogP contribution in [0.3, 0.4) is 0 Å². The highest BCUT2D eigenvalue weighted by Crippen LogP contribution is 2.36. The van der Waals surface area contributed by atoms with Gasteiger partial charge in [-0.2, -0.15) is 0 Å². The summed E-state index contributed by atoms with van der Waals surface area (Å²) in [6.07, 6.45) is 2.37. The first-order valence-electron chi connectivity index (χ1n) is 4.72. The second kappa shape index (κ2) is 3.46. The fraction of sp³-hybridized carbons (Fsp3) is 0.455. The largest absolute Gasteiger partial charge is 0.317 e. The molecule has 1 N–H and O–H groups in total. The molecule has 2 heteroatoms. The molecular weight excluding hydrogens is 165 g/mol. The monoisotopic (exact) mass is 179 g/mol. The number of hydrogen-bond donors (Lipinski definition) is 1. The summed E-state index contributed by atoms with van der Waals surface area (Å²) < 4.78 is 12.6. The predicted octanol–water partition coefficient (Wildman–Crippen LogP) is 2.29. The van der Waals surface area contributed by atoms with Gasteiger partial charge in [-0.15, -0.1) is 0 Å². The summed E-state index contributed by atoms with van der Waals surface area (Å²) in [4.78, 5) is 0. The van der Waals surface area contributed by atoms with Crippen LogP contribution < -0.4 is 5.32 Å². The summed E-state index contributed by atoms with van der Waals surface area (Å²) in [6, 6.07) is 7.54. The summed E-state index contributed by atoms with van der Waals surface area (Å²) in [6.45, 7) is 0. The Balaban J connectivity index is 1.99. The lowest BCUT2D eigenvalue weighted by Gasteiger charge is -2.35. The minimum absolute atomic E-state index is 0.145. The van der Waals surface area contributed by atoms with E-state index in [-0.39, 0.29) is 5.82 Å². The average Bonchev–Trinajstić information content (AvgIpc) is 2.06. The fourth-order valence-electron chi connectivity index (χ4n) is 1.86. The molecule has 1 aromatic rings. The molecule has 0 atom stereocenters. The van der Waals surface area contributed by atoms with E-state index in [4.69, 9.17) is 0 Å². The first kappa shape index (κ1) is 8.70. The Bertz CT molecular complexity index is 275. The number of hydrogen-bond acceptors (Lipinski definition) is 1. The normalized spacial score (nSPS) is 26.9. The minimum Gasteiger partial charge on any atom is -0.317 e. The van der Waals surface area contributed by atoms with Crippen LogP contribution in [0.4, 0.5) is 4.39 Å². The van der Waals surface area contributed by atoms with Crippen molar-refractivity contribution in [1.82, 2.24) is 5.32 Å². The van der Waals surface area contributed by atoms with Gasteiger partial charge in [0, 0.05) is 6.04 Å². The molecule has 0 aromatic heterocycles. The molecule has 0 spiro atoms. The summed E-state index contributed by atoms with van der Waals surface area (Å²) >= 11 is 0. The van der Waals surface area contributed by atoms with E-state index in [2.05, 4.69) is 5.32 Å². The van der Waals surface area contributed by atoms with E-state index in [1.165, 1.54) is 18.4 Å². The van der Waals surface area contributed by atoms with Crippen molar-refractivity contribution in [2.45, 2.75) is 24.8 Å². The fourth-order valence-corrected chi connectivity index (χ4v) is 1.86. The van der Waals surface area contributed by atoms with E-state index in [0.717, 1.165) is 0 Å². The molecule has 1 saturated carbocycles. The molecule has 0 bridgehead atoms. The van der Waals surface area contributed by atoms with Crippen LogP contribution in [0.15, 0.2) is 24.3 Å². The molecule has 1 nitrogen and oxygen atoms in total. The molecule has 0 radical (unpaired) electrons. The van der Waals surface area contributed by atoms with E-state index >= 15 is 0 Å². The van der Waals surface area contributed by atoms with E-state index in [0.29, 0.717) is 12.0 Å². The minimum atomic E-state index is -0.145. The van der Waals surface area contributed by atoms with Crippen LogP contribution in [-0.4, -0.2) is 13.1 Å². The van der Waals surface area contributed by atoms with Gasteiger partial charge in [0.15, 0.2) is 0 Å². The SMILES string of the molecule is CNC1CC(c2ccc(F)cc2)C1. The molecule has 1 fully saturated rings. The Morgan fingerprint density at radius 1 is 1.23 bits per heavy atom. The topological polar surface area (TPSA) is 12.0 Å². The van der Waals surface area contributed by atoms with Gasteiger partial charge in [0.05, 0.1) is 0 Å². The van der Waals surface area contributed by atoms with Crippen molar-refractivity contribution in [3.05, 3.63) is 35.6 Å². The summed E-state index contributed by atoms with van der Waals surface area (Å²) in [5.41, 5.74) is 1.27. The van der Waals surface area contributed by atoms with Gasteiger partial charge >= 0.3 is 0 Å². The zero-order valence-electron chi connectivity index (χ0n) is 7.76. The standard InChI is InChI=1S/C11H14FN/c1-13-11-6-9(7-11)8-2-4-10(12)5-3-8/h2-5,9,11,13H,6-7H2,1H3. The van der Waals surface area contributed by atoms with Crippen LogP contribution in [-0.2, 0) is 0 Å². The third-order valence-corrected chi connectivity index (χ3v) is 2.89. The quantitative estimate of drug-likeness (QED) is 0.734. The molecule has 2 rings (SSSR count). The number of rotatable bonds is 2. The third-order valence-electron chi connectivity index (χ3n) is 2.89. The van der Waals surface area contributed by atoms with Crippen molar-refractivity contribution in [3.8, 4) is 0 Å². The third kappa shape index (κ3) is 1.73. The Hall–Kier alpha value is -0.890. The highest BCUT2D eigenvalue weighted by molar-refractivity contribution is 5.23. The van der Waals surface area contributed by atoms with Gasteiger partial charge in [0.1, 0.15) is 5.82 Å². The lowest BCUT2D eigenvalue weighted by molar-refractivity contribution is 0.307. The summed E-state index contributed by atoms with van der Waals surface area (Å²) in [5.74, 6) is 0.492. The summed E-state index contributed by atoms with van der Waals surface area (Å²) in [7, 11) is 1.99. The lowest BCUT2D eigenvalue weighted by atomic mass is 9.76. The Morgan fingerprint density at radius 2 is 1.85 bits per heavy atom. The van der Waals surface area contributed by atoms with Gasteiger partial charge in [-0.3, -0.25) is 0 Å². The molecule has 0 unspecified atom stereocenters. The lowest BCUT2D eigenvalue weighted by Crippen LogP contribution is -2.37. The van der Waals surface area contributed by atoms with Gasteiger partial charge < -0.3 is 5.32 Å². The molecule has 13 heavy (non-hydrogen) atoms. The number of halogens is 1. The highest BCUT2D eigenvalue weighted by atomic mass is 19.1. The Morgan fingerprint density at radius 3 is 2.38 bits per heavy atom. The van der Waals surface area contributed by atoms with Crippen molar-refractivity contribution >= 4 is 0 Å². The van der Waals surface area contributed by atoms with Gasteiger partial charge in [-0.25, -0.2) is 4.39 Å². The van der Waals surface area contributed by atoms with E-state index in [1.54, 1.807) is 12.1 Å². The van der Waals surface area contributed by atoms with Crippen molar-refractivity contribution < 1.29 is 4.39 Å². The molecular formula is C11H14FN. The zero-order chi connectivity index (χ0) is 9.26. The van der Waals surface area contributed by atoms with E-state index < -0.39 is 0 Å².